The zero-order valence-corrected chi connectivity index (χ0v) is 15.2. The summed E-state index contributed by atoms with van der Waals surface area (Å²) in [5.41, 5.74) is 2.79. The van der Waals surface area contributed by atoms with Crippen molar-refractivity contribution < 1.29 is 4.79 Å². The van der Waals surface area contributed by atoms with E-state index < -0.39 is 0 Å². The maximum Gasteiger partial charge on any atom is 0.223 e. The van der Waals surface area contributed by atoms with E-state index in [9.17, 15) is 4.79 Å². The third kappa shape index (κ3) is 5.48. The van der Waals surface area contributed by atoms with E-state index in [1.165, 1.54) is 0 Å². The van der Waals surface area contributed by atoms with Crippen molar-refractivity contribution in [3.05, 3.63) is 69.7 Å². The van der Waals surface area contributed by atoms with Crippen LogP contribution in [0.5, 0.6) is 0 Å². The number of hydrogen-bond acceptors (Lipinski definition) is 3. The molecule has 0 aromatic heterocycles. The number of nitrogens with one attached hydrogen (secondary N) is 1. The third-order valence-corrected chi connectivity index (χ3v) is 4.47. The van der Waals surface area contributed by atoms with Gasteiger partial charge in [0.25, 0.3) is 0 Å². The lowest BCUT2D eigenvalue weighted by Crippen LogP contribution is -2.29. The Balaban J connectivity index is 1.74. The number of halogens is 1. The number of rotatable bonds is 7. The molecule has 0 fully saturated rings. The summed E-state index contributed by atoms with van der Waals surface area (Å²) in [5, 5.41) is 12.1. The number of amides is 1. The zero-order valence-electron chi connectivity index (χ0n) is 13.6. The minimum Gasteiger partial charge on any atom is -0.341 e. The molecule has 0 heterocycles. The molecule has 0 radical (unpaired) electrons. The second-order valence-electron chi connectivity index (χ2n) is 5.58. The van der Waals surface area contributed by atoms with Crippen LogP contribution in [0.25, 0.3) is 0 Å². The quantitative estimate of drug-likeness (QED) is 0.742. The Kier molecular flexibility index (Phi) is 6.98. The van der Waals surface area contributed by atoms with Gasteiger partial charge in [-0.3, -0.25) is 4.79 Å². The summed E-state index contributed by atoms with van der Waals surface area (Å²) in [5.74, 6) is 0.101. The van der Waals surface area contributed by atoms with Crippen molar-refractivity contribution in [3.8, 4) is 6.07 Å². The van der Waals surface area contributed by atoms with E-state index in [1.54, 1.807) is 11.0 Å². The van der Waals surface area contributed by atoms with Gasteiger partial charge in [-0.15, -0.1) is 0 Å². The van der Waals surface area contributed by atoms with Crippen LogP contribution in [0.4, 0.5) is 0 Å². The summed E-state index contributed by atoms with van der Waals surface area (Å²) < 4.78 is 1.01. The molecular formula is C19H20BrN3O. The molecule has 2 rings (SSSR count). The molecule has 0 atom stereocenters. The van der Waals surface area contributed by atoms with E-state index in [4.69, 9.17) is 5.26 Å². The lowest BCUT2D eigenvalue weighted by Gasteiger charge is -2.18. The summed E-state index contributed by atoms with van der Waals surface area (Å²) in [6.07, 6.45) is 0.443. The van der Waals surface area contributed by atoms with Crippen molar-refractivity contribution in [2.24, 2.45) is 0 Å². The SMILES string of the molecule is CN(Cc1ccccc1Br)C(=O)CCNCc1cccc(C#N)c1. The van der Waals surface area contributed by atoms with Gasteiger partial charge in [0.2, 0.25) is 5.91 Å². The smallest absolute Gasteiger partial charge is 0.223 e. The second-order valence-corrected chi connectivity index (χ2v) is 6.43. The molecule has 0 aliphatic carbocycles. The molecule has 0 aliphatic rings. The predicted octanol–water partition coefficient (Wildman–Crippen LogP) is 3.46. The van der Waals surface area contributed by atoms with Crippen LogP contribution in [0, 0.1) is 11.3 Å². The van der Waals surface area contributed by atoms with Crippen LogP contribution in [-0.4, -0.2) is 24.4 Å². The summed E-state index contributed by atoms with van der Waals surface area (Å²) >= 11 is 3.50. The Morgan fingerprint density at radius 3 is 2.79 bits per heavy atom. The Labute approximate surface area is 151 Å². The molecule has 0 saturated carbocycles. The first-order valence-corrected chi connectivity index (χ1v) is 8.56. The highest BCUT2D eigenvalue weighted by Gasteiger charge is 2.10. The maximum absolute atomic E-state index is 12.2. The van der Waals surface area contributed by atoms with Crippen molar-refractivity contribution in [1.29, 1.82) is 5.26 Å². The van der Waals surface area contributed by atoms with Gasteiger partial charge in [0, 0.05) is 37.6 Å². The van der Waals surface area contributed by atoms with Gasteiger partial charge in [-0.25, -0.2) is 0 Å². The Morgan fingerprint density at radius 1 is 1.25 bits per heavy atom. The molecule has 0 unspecified atom stereocenters. The number of benzene rings is 2. The minimum atomic E-state index is 0.101. The van der Waals surface area contributed by atoms with Crippen LogP contribution in [0.2, 0.25) is 0 Å². The molecule has 5 heteroatoms. The maximum atomic E-state index is 12.2. The Hall–Kier alpha value is -2.16. The van der Waals surface area contributed by atoms with Gasteiger partial charge in [-0.05, 0) is 29.3 Å². The van der Waals surface area contributed by atoms with E-state index in [-0.39, 0.29) is 5.91 Å². The fraction of sp³-hybridized carbons (Fsp3) is 0.263. The average Bonchev–Trinajstić information content (AvgIpc) is 2.60. The molecular weight excluding hydrogens is 366 g/mol. The van der Waals surface area contributed by atoms with E-state index in [1.807, 2.05) is 49.5 Å². The molecule has 0 aliphatic heterocycles. The minimum absolute atomic E-state index is 0.101. The van der Waals surface area contributed by atoms with Gasteiger partial charge in [0.05, 0.1) is 11.6 Å². The van der Waals surface area contributed by atoms with Gasteiger partial charge in [-0.2, -0.15) is 5.26 Å². The fourth-order valence-electron chi connectivity index (χ4n) is 2.34. The summed E-state index contributed by atoms with van der Waals surface area (Å²) in [6.45, 7) is 1.84. The van der Waals surface area contributed by atoms with E-state index >= 15 is 0 Å². The fourth-order valence-corrected chi connectivity index (χ4v) is 2.75. The molecule has 124 valence electrons. The first-order valence-electron chi connectivity index (χ1n) is 7.77. The van der Waals surface area contributed by atoms with Crippen molar-refractivity contribution in [3.63, 3.8) is 0 Å². The molecule has 0 spiro atoms. The van der Waals surface area contributed by atoms with Gasteiger partial charge >= 0.3 is 0 Å². The van der Waals surface area contributed by atoms with Crippen molar-refractivity contribution in [1.82, 2.24) is 10.2 Å². The topological polar surface area (TPSA) is 56.1 Å². The first-order chi connectivity index (χ1) is 11.6. The normalized spacial score (nSPS) is 10.2. The average molecular weight is 386 g/mol. The Bertz CT molecular complexity index is 739. The van der Waals surface area contributed by atoms with Crippen molar-refractivity contribution >= 4 is 21.8 Å². The van der Waals surface area contributed by atoms with Crippen molar-refractivity contribution in [2.45, 2.75) is 19.5 Å². The van der Waals surface area contributed by atoms with Crippen LogP contribution in [0.15, 0.2) is 53.0 Å². The Morgan fingerprint density at radius 2 is 2.04 bits per heavy atom. The highest BCUT2D eigenvalue weighted by Crippen LogP contribution is 2.17. The first kappa shape index (κ1) is 18.2. The molecule has 0 saturated heterocycles. The zero-order chi connectivity index (χ0) is 17.4. The van der Waals surface area contributed by atoms with Gasteiger partial charge in [-0.1, -0.05) is 46.3 Å². The molecule has 4 nitrogen and oxygen atoms in total. The second kappa shape index (κ2) is 9.21. The molecule has 2 aromatic carbocycles. The van der Waals surface area contributed by atoms with Crippen LogP contribution in [0.1, 0.15) is 23.1 Å². The predicted molar refractivity (Wildman–Crippen MR) is 98.1 cm³/mol. The van der Waals surface area contributed by atoms with Gasteiger partial charge in [0.1, 0.15) is 0 Å². The number of carbonyl (C=O) groups excluding carboxylic acids is 1. The highest BCUT2D eigenvalue weighted by atomic mass is 79.9. The summed E-state index contributed by atoms with van der Waals surface area (Å²) in [4.78, 5) is 13.9. The van der Waals surface area contributed by atoms with E-state index in [0.717, 1.165) is 15.6 Å². The standard InChI is InChI=1S/C19H20BrN3O/c1-23(14-17-7-2-3-8-18(17)20)19(24)9-10-22-13-16-6-4-5-15(11-16)12-21/h2-8,11,22H,9-10,13-14H2,1H3. The van der Waals surface area contributed by atoms with Gasteiger partial charge < -0.3 is 10.2 Å². The highest BCUT2D eigenvalue weighted by molar-refractivity contribution is 9.10. The number of hydrogen-bond donors (Lipinski definition) is 1. The summed E-state index contributed by atoms with van der Waals surface area (Å²) in [6, 6.07) is 17.5. The van der Waals surface area contributed by atoms with E-state index in [0.29, 0.717) is 31.6 Å². The number of nitrogens with zero attached hydrogens (tertiary/aromatic N) is 2. The van der Waals surface area contributed by atoms with Crippen LogP contribution in [0.3, 0.4) is 0 Å². The molecule has 0 bridgehead atoms. The largest absolute Gasteiger partial charge is 0.341 e. The lowest BCUT2D eigenvalue weighted by atomic mass is 10.1. The van der Waals surface area contributed by atoms with E-state index in [2.05, 4.69) is 27.3 Å². The van der Waals surface area contributed by atoms with Crippen LogP contribution < -0.4 is 5.32 Å². The number of carbonyl (C=O) groups is 1. The molecule has 1 N–H and O–H groups in total. The number of nitriles is 1. The summed E-state index contributed by atoms with van der Waals surface area (Å²) in [7, 11) is 1.82. The molecule has 2 aromatic rings. The van der Waals surface area contributed by atoms with Crippen LogP contribution in [-0.2, 0) is 17.9 Å². The monoisotopic (exact) mass is 385 g/mol. The van der Waals surface area contributed by atoms with Crippen molar-refractivity contribution in [2.75, 3.05) is 13.6 Å². The van der Waals surface area contributed by atoms with Gasteiger partial charge in [0.15, 0.2) is 0 Å². The van der Waals surface area contributed by atoms with Crippen LogP contribution >= 0.6 is 15.9 Å². The molecule has 1 amide bonds. The third-order valence-electron chi connectivity index (χ3n) is 3.69. The lowest BCUT2D eigenvalue weighted by molar-refractivity contribution is -0.130. The molecule has 24 heavy (non-hydrogen) atoms.